The van der Waals surface area contributed by atoms with Crippen LogP contribution in [0.2, 0.25) is 0 Å². The van der Waals surface area contributed by atoms with Crippen LogP contribution in [0.3, 0.4) is 0 Å². The van der Waals surface area contributed by atoms with Gasteiger partial charge in [-0.25, -0.2) is 9.59 Å². The SMILES string of the molecule is O=C(O)N1C(=O)NC(c2ccccc2)(c2ccccc2)C1=O. The minimum Gasteiger partial charge on any atom is -0.464 e. The van der Waals surface area contributed by atoms with E-state index in [1.807, 2.05) is 0 Å². The highest BCUT2D eigenvalue weighted by Crippen LogP contribution is 2.35. The van der Waals surface area contributed by atoms with Crippen LogP contribution in [0, 0.1) is 0 Å². The molecule has 6 nitrogen and oxygen atoms in total. The van der Waals surface area contributed by atoms with E-state index in [2.05, 4.69) is 5.32 Å². The highest BCUT2D eigenvalue weighted by Gasteiger charge is 2.56. The first-order valence-corrected chi connectivity index (χ1v) is 6.58. The van der Waals surface area contributed by atoms with Crippen molar-refractivity contribution < 1.29 is 19.5 Å². The zero-order chi connectivity index (χ0) is 15.7. The molecule has 1 saturated heterocycles. The first-order valence-electron chi connectivity index (χ1n) is 6.58. The Balaban J connectivity index is 2.25. The summed E-state index contributed by atoms with van der Waals surface area (Å²) in [5.74, 6) is -0.831. The number of hydrogen-bond acceptors (Lipinski definition) is 3. The van der Waals surface area contributed by atoms with Crippen molar-refractivity contribution in [1.82, 2.24) is 10.2 Å². The molecule has 0 saturated carbocycles. The van der Waals surface area contributed by atoms with Crippen molar-refractivity contribution in [2.45, 2.75) is 5.54 Å². The van der Waals surface area contributed by atoms with E-state index >= 15 is 0 Å². The second-order valence-corrected chi connectivity index (χ2v) is 4.84. The quantitative estimate of drug-likeness (QED) is 0.831. The molecule has 3 rings (SSSR count). The molecule has 0 atom stereocenters. The van der Waals surface area contributed by atoms with Crippen molar-refractivity contribution in [3.05, 3.63) is 71.8 Å². The number of hydrogen-bond donors (Lipinski definition) is 2. The second-order valence-electron chi connectivity index (χ2n) is 4.84. The Morgan fingerprint density at radius 3 is 1.73 bits per heavy atom. The fraction of sp³-hybridized carbons (Fsp3) is 0.0625. The lowest BCUT2D eigenvalue weighted by molar-refractivity contribution is -0.128. The molecule has 1 aliphatic heterocycles. The zero-order valence-corrected chi connectivity index (χ0v) is 11.4. The van der Waals surface area contributed by atoms with Crippen LogP contribution in [0.5, 0.6) is 0 Å². The number of benzene rings is 2. The van der Waals surface area contributed by atoms with Crippen molar-refractivity contribution in [2.24, 2.45) is 0 Å². The van der Waals surface area contributed by atoms with E-state index in [1.54, 1.807) is 60.7 Å². The van der Waals surface area contributed by atoms with Crippen molar-refractivity contribution >= 4 is 18.0 Å². The largest absolute Gasteiger partial charge is 0.464 e. The standard InChI is InChI=1S/C16H12N2O4/c19-13-16(11-7-3-1-4-8-11,12-9-5-2-6-10-12)17-14(20)18(13)15(21)22/h1-10H,(H,17,20)(H,21,22). The summed E-state index contributed by atoms with van der Waals surface area (Å²) in [4.78, 5) is 36.2. The van der Waals surface area contributed by atoms with Crippen LogP contribution in [0.1, 0.15) is 11.1 Å². The van der Waals surface area contributed by atoms with Gasteiger partial charge >= 0.3 is 12.1 Å². The number of nitrogens with zero attached hydrogens (tertiary/aromatic N) is 1. The summed E-state index contributed by atoms with van der Waals surface area (Å²) in [5, 5.41) is 11.7. The molecule has 1 aliphatic rings. The van der Waals surface area contributed by atoms with Crippen LogP contribution >= 0.6 is 0 Å². The van der Waals surface area contributed by atoms with Gasteiger partial charge in [0, 0.05) is 0 Å². The van der Waals surface area contributed by atoms with E-state index in [0.717, 1.165) is 0 Å². The highest BCUT2D eigenvalue weighted by atomic mass is 16.4. The van der Waals surface area contributed by atoms with Gasteiger partial charge in [-0.15, -0.1) is 0 Å². The third kappa shape index (κ3) is 1.85. The second kappa shape index (κ2) is 5.00. The molecule has 0 unspecified atom stereocenters. The maximum Gasteiger partial charge on any atom is 0.422 e. The molecule has 4 amide bonds. The molecule has 2 N–H and O–H groups in total. The molecule has 0 bridgehead atoms. The summed E-state index contributed by atoms with van der Waals surface area (Å²) >= 11 is 0. The molecular weight excluding hydrogens is 284 g/mol. The van der Waals surface area contributed by atoms with Gasteiger partial charge in [0.1, 0.15) is 0 Å². The Hall–Kier alpha value is -3.15. The first kappa shape index (κ1) is 13.8. The van der Waals surface area contributed by atoms with Crippen LogP contribution in [0.25, 0.3) is 0 Å². The molecule has 1 fully saturated rings. The van der Waals surface area contributed by atoms with Crippen LogP contribution in [0.4, 0.5) is 9.59 Å². The molecule has 0 radical (unpaired) electrons. The zero-order valence-electron chi connectivity index (χ0n) is 11.4. The summed E-state index contributed by atoms with van der Waals surface area (Å²) in [6.07, 6.45) is -1.60. The van der Waals surface area contributed by atoms with E-state index in [0.29, 0.717) is 11.1 Å². The molecule has 0 aliphatic carbocycles. The third-order valence-corrected chi connectivity index (χ3v) is 3.63. The lowest BCUT2D eigenvalue weighted by Gasteiger charge is -2.27. The Labute approximate surface area is 126 Å². The summed E-state index contributed by atoms with van der Waals surface area (Å²) in [5.41, 5.74) is -0.524. The molecule has 2 aromatic carbocycles. The monoisotopic (exact) mass is 296 g/mol. The van der Waals surface area contributed by atoms with Crippen LogP contribution < -0.4 is 5.32 Å². The van der Waals surface area contributed by atoms with E-state index in [4.69, 9.17) is 5.11 Å². The van der Waals surface area contributed by atoms with Gasteiger partial charge in [0.05, 0.1) is 0 Å². The minimum absolute atomic E-state index is 0.208. The Kier molecular flexibility index (Phi) is 3.14. The topological polar surface area (TPSA) is 86.7 Å². The van der Waals surface area contributed by atoms with Crippen molar-refractivity contribution in [3.63, 3.8) is 0 Å². The molecule has 1 heterocycles. The van der Waals surface area contributed by atoms with Crippen LogP contribution in [-0.4, -0.2) is 28.0 Å². The predicted octanol–water partition coefficient (Wildman–Crippen LogP) is 2.16. The van der Waals surface area contributed by atoms with Gasteiger partial charge in [-0.05, 0) is 11.1 Å². The fourth-order valence-corrected chi connectivity index (χ4v) is 2.64. The number of amides is 4. The van der Waals surface area contributed by atoms with Crippen molar-refractivity contribution in [3.8, 4) is 0 Å². The molecule has 6 heteroatoms. The molecule has 2 aromatic rings. The lowest BCUT2D eigenvalue weighted by atomic mass is 9.83. The predicted molar refractivity (Wildman–Crippen MR) is 77.1 cm³/mol. The number of nitrogens with one attached hydrogen (secondary N) is 1. The van der Waals surface area contributed by atoms with Crippen molar-refractivity contribution in [2.75, 3.05) is 0 Å². The Bertz CT molecular complexity index is 704. The number of rotatable bonds is 2. The van der Waals surface area contributed by atoms with Gasteiger partial charge in [0.15, 0.2) is 5.54 Å². The molecule has 0 aromatic heterocycles. The normalized spacial score (nSPS) is 16.5. The average molecular weight is 296 g/mol. The minimum atomic E-state index is -1.60. The lowest BCUT2D eigenvalue weighted by Crippen LogP contribution is -2.45. The summed E-state index contributed by atoms with van der Waals surface area (Å²) in [7, 11) is 0. The summed E-state index contributed by atoms with van der Waals surface area (Å²) in [6, 6.07) is 16.2. The van der Waals surface area contributed by atoms with E-state index in [1.165, 1.54) is 0 Å². The van der Waals surface area contributed by atoms with E-state index in [-0.39, 0.29) is 4.90 Å². The number of urea groups is 1. The van der Waals surface area contributed by atoms with Crippen LogP contribution in [0.15, 0.2) is 60.7 Å². The number of carbonyl (C=O) groups is 3. The van der Waals surface area contributed by atoms with E-state index in [9.17, 15) is 14.4 Å². The molecule has 22 heavy (non-hydrogen) atoms. The number of imide groups is 3. The number of carboxylic acid groups (broad SMARTS) is 1. The van der Waals surface area contributed by atoms with Crippen LogP contribution in [-0.2, 0) is 10.3 Å². The maximum absolute atomic E-state index is 12.7. The third-order valence-electron chi connectivity index (χ3n) is 3.63. The molecule has 0 spiro atoms. The smallest absolute Gasteiger partial charge is 0.422 e. The Morgan fingerprint density at radius 1 is 0.909 bits per heavy atom. The van der Waals surface area contributed by atoms with Gasteiger partial charge in [-0.2, -0.15) is 4.90 Å². The van der Waals surface area contributed by atoms with Gasteiger partial charge < -0.3 is 10.4 Å². The van der Waals surface area contributed by atoms with Gasteiger partial charge in [-0.1, -0.05) is 60.7 Å². The molecule has 110 valence electrons. The van der Waals surface area contributed by atoms with E-state index < -0.39 is 23.6 Å². The highest BCUT2D eigenvalue weighted by molar-refractivity contribution is 6.18. The fourth-order valence-electron chi connectivity index (χ4n) is 2.64. The number of carbonyl (C=O) groups excluding carboxylic acids is 2. The van der Waals surface area contributed by atoms with Crippen molar-refractivity contribution in [1.29, 1.82) is 0 Å². The average Bonchev–Trinajstić information content (AvgIpc) is 2.81. The maximum atomic E-state index is 12.7. The van der Waals surface area contributed by atoms with Gasteiger partial charge in [0.25, 0.3) is 5.91 Å². The molecular formula is C16H12N2O4. The van der Waals surface area contributed by atoms with Gasteiger partial charge in [-0.3, -0.25) is 4.79 Å². The Morgan fingerprint density at radius 2 is 1.36 bits per heavy atom. The summed E-state index contributed by atoms with van der Waals surface area (Å²) in [6.45, 7) is 0. The summed E-state index contributed by atoms with van der Waals surface area (Å²) < 4.78 is 0. The first-order chi connectivity index (χ1) is 10.6. The van der Waals surface area contributed by atoms with Gasteiger partial charge in [0.2, 0.25) is 0 Å².